The van der Waals surface area contributed by atoms with Crippen LogP contribution >= 0.6 is 12.2 Å². The highest BCUT2D eigenvalue weighted by Crippen LogP contribution is 2.33. The predicted octanol–water partition coefficient (Wildman–Crippen LogP) is 2.08. The Bertz CT molecular complexity index is 655. The van der Waals surface area contributed by atoms with Crippen LogP contribution in [0.3, 0.4) is 0 Å². The predicted molar refractivity (Wildman–Crippen MR) is 85.5 cm³/mol. The molecule has 114 valence electrons. The van der Waals surface area contributed by atoms with Gasteiger partial charge in [0.25, 0.3) is 0 Å². The third kappa shape index (κ3) is 3.10. The van der Waals surface area contributed by atoms with E-state index in [2.05, 4.69) is 11.0 Å². The standard InChI is InChI=1S/C15H22N4OS/c1-15(2)7-10-11(8-16)13(17)19(6-5-18(3)4)14(21)12(10)9-20-15/h5-7,9,17H2,1-4H3. The van der Waals surface area contributed by atoms with Crippen molar-refractivity contribution in [2.24, 2.45) is 0 Å². The third-order valence-electron chi connectivity index (χ3n) is 3.81. The summed E-state index contributed by atoms with van der Waals surface area (Å²) in [6.45, 7) is 5.96. The molecule has 2 heterocycles. The molecule has 0 aromatic carbocycles. The summed E-state index contributed by atoms with van der Waals surface area (Å²) in [6, 6.07) is 2.26. The number of pyridine rings is 1. The van der Waals surface area contributed by atoms with Crippen LogP contribution in [0.5, 0.6) is 0 Å². The number of nitrogens with zero attached hydrogens (tertiary/aromatic N) is 3. The second kappa shape index (κ2) is 5.76. The van der Waals surface area contributed by atoms with Gasteiger partial charge in [-0.05, 0) is 33.5 Å². The van der Waals surface area contributed by atoms with Gasteiger partial charge in [-0.15, -0.1) is 0 Å². The summed E-state index contributed by atoms with van der Waals surface area (Å²) in [5.74, 6) is 0.473. The maximum atomic E-state index is 9.51. The number of ether oxygens (including phenoxy) is 1. The fourth-order valence-corrected chi connectivity index (χ4v) is 2.95. The molecule has 0 radical (unpaired) electrons. The molecule has 0 atom stereocenters. The molecular formula is C15H22N4OS. The van der Waals surface area contributed by atoms with E-state index in [1.54, 1.807) is 0 Å². The molecule has 0 spiro atoms. The molecular weight excluding hydrogens is 284 g/mol. The first-order chi connectivity index (χ1) is 9.76. The number of fused-ring (bicyclic) bond motifs is 1. The van der Waals surface area contributed by atoms with E-state index in [0.29, 0.717) is 35.6 Å². The molecule has 1 aliphatic rings. The number of nitrogens with two attached hydrogens (primary N) is 1. The fraction of sp³-hybridized carbons (Fsp3) is 0.600. The fourth-order valence-electron chi connectivity index (χ4n) is 2.58. The molecule has 5 nitrogen and oxygen atoms in total. The van der Waals surface area contributed by atoms with Gasteiger partial charge in [-0.25, -0.2) is 0 Å². The highest BCUT2D eigenvalue weighted by Gasteiger charge is 2.30. The Morgan fingerprint density at radius 3 is 2.67 bits per heavy atom. The Kier molecular flexibility index (Phi) is 4.38. The van der Waals surface area contributed by atoms with Crippen LogP contribution in [-0.2, 0) is 24.3 Å². The Morgan fingerprint density at radius 2 is 2.10 bits per heavy atom. The lowest BCUT2D eigenvalue weighted by molar-refractivity contribution is -0.0406. The van der Waals surface area contributed by atoms with Gasteiger partial charge >= 0.3 is 0 Å². The Hall–Kier alpha value is -1.42. The highest BCUT2D eigenvalue weighted by molar-refractivity contribution is 7.71. The van der Waals surface area contributed by atoms with Crippen molar-refractivity contribution in [1.82, 2.24) is 9.47 Å². The van der Waals surface area contributed by atoms with Gasteiger partial charge in [0, 0.05) is 25.1 Å². The summed E-state index contributed by atoms with van der Waals surface area (Å²) in [5, 5.41) is 9.51. The van der Waals surface area contributed by atoms with Gasteiger partial charge in [0.2, 0.25) is 0 Å². The second-order valence-corrected chi connectivity index (χ2v) is 6.70. The second-order valence-electron chi connectivity index (χ2n) is 6.31. The minimum atomic E-state index is -0.289. The van der Waals surface area contributed by atoms with E-state index in [1.165, 1.54) is 0 Å². The average molecular weight is 306 g/mol. The van der Waals surface area contributed by atoms with Gasteiger partial charge in [-0.2, -0.15) is 5.26 Å². The first kappa shape index (κ1) is 16.0. The monoisotopic (exact) mass is 306 g/mol. The van der Waals surface area contributed by atoms with Gasteiger partial charge in [0.05, 0.1) is 17.8 Å². The van der Waals surface area contributed by atoms with Crippen molar-refractivity contribution in [3.8, 4) is 6.07 Å². The Morgan fingerprint density at radius 1 is 1.43 bits per heavy atom. The molecule has 0 unspecified atom stereocenters. The van der Waals surface area contributed by atoms with E-state index < -0.39 is 0 Å². The van der Waals surface area contributed by atoms with Crippen molar-refractivity contribution in [1.29, 1.82) is 5.26 Å². The maximum absolute atomic E-state index is 9.51. The van der Waals surface area contributed by atoms with Gasteiger partial charge in [-0.1, -0.05) is 12.2 Å². The van der Waals surface area contributed by atoms with Crippen molar-refractivity contribution in [3.63, 3.8) is 0 Å². The third-order valence-corrected chi connectivity index (χ3v) is 4.28. The van der Waals surface area contributed by atoms with Crippen LogP contribution in [0.15, 0.2) is 0 Å². The summed E-state index contributed by atoms with van der Waals surface area (Å²) < 4.78 is 8.40. The quantitative estimate of drug-likeness (QED) is 0.866. The number of nitriles is 1. The normalized spacial score (nSPS) is 16.6. The Labute approximate surface area is 130 Å². The van der Waals surface area contributed by atoms with Gasteiger partial charge in [0.1, 0.15) is 16.5 Å². The molecule has 1 aromatic heterocycles. The molecule has 1 aromatic rings. The zero-order chi connectivity index (χ0) is 15.8. The lowest BCUT2D eigenvalue weighted by Gasteiger charge is -2.33. The number of aromatic nitrogens is 1. The van der Waals surface area contributed by atoms with Crippen LogP contribution in [0.25, 0.3) is 0 Å². The van der Waals surface area contributed by atoms with Crippen molar-refractivity contribution in [3.05, 3.63) is 21.3 Å². The molecule has 0 bridgehead atoms. The van der Waals surface area contributed by atoms with E-state index in [4.69, 9.17) is 22.7 Å². The molecule has 1 aliphatic heterocycles. The summed E-state index contributed by atoms with van der Waals surface area (Å²) in [4.78, 5) is 2.06. The molecule has 0 saturated heterocycles. The van der Waals surface area contributed by atoms with Crippen LogP contribution in [0.4, 0.5) is 5.82 Å². The molecule has 2 N–H and O–H groups in total. The van der Waals surface area contributed by atoms with E-state index in [9.17, 15) is 5.26 Å². The van der Waals surface area contributed by atoms with E-state index in [-0.39, 0.29) is 5.60 Å². The number of rotatable bonds is 3. The minimum absolute atomic E-state index is 0.289. The summed E-state index contributed by atoms with van der Waals surface area (Å²) >= 11 is 5.58. The number of likely N-dealkylation sites (N-methyl/N-ethyl adjacent to an activating group) is 1. The molecule has 0 aliphatic carbocycles. The van der Waals surface area contributed by atoms with E-state index in [0.717, 1.165) is 17.7 Å². The van der Waals surface area contributed by atoms with Gasteiger partial charge in [-0.3, -0.25) is 0 Å². The van der Waals surface area contributed by atoms with Crippen LogP contribution in [-0.4, -0.2) is 35.7 Å². The first-order valence-electron chi connectivity index (χ1n) is 6.99. The molecule has 0 saturated carbocycles. The van der Waals surface area contributed by atoms with Crippen LogP contribution in [0.1, 0.15) is 30.5 Å². The van der Waals surface area contributed by atoms with Crippen molar-refractivity contribution >= 4 is 18.0 Å². The lowest BCUT2D eigenvalue weighted by atomic mass is 9.89. The summed E-state index contributed by atoms with van der Waals surface area (Å²) in [6.07, 6.45) is 0.660. The summed E-state index contributed by atoms with van der Waals surface area (Å²) in [7, 11) is 3.99. The molecule has 0 amide bonds. The molecule has 2 rings (SSSR count). The van der Waals surface area contributed by atoms with Crippen LogP contribution in [0, 0.1) is 16.0 Å². The highest BCUT2D eigenvalue weighted by atomic mass is 32.1. The number of hydrogen-bond donors (Lipinski definition) is 1. The van der Waals surface area contributed by atoms with Gasteiger partial charge in [0.15, 0.2) is 0 Å². The molecule has 21 heavy (non-hydrogen) atoms. The van der Waals surface area contributed by atoms with E-state index in [1.807, 2.05) is 32.5 Å². The number of nitrogen functional groups attached to an aromatic ring is 1. The lowest BCUT2D eigenvalue weighted by Crippen LogP contribution is -2.34. The average Bonchev–Trinajstić information content (AvgIpc) is 2.37. The number of anilines is 1. The topological polar surface area (TPSA) is 67.2 Å². The summed E-state index contributed by atoms with van der Waals surface area (Å²) in [5.41, 5.74) is 8.36. The Balaban J connectivity index is 2.58. The largest absolute Gasteiger partial charge is 0.384 e. The smallest absolute Gasteiger partial charge is 0.122 e. The number of hydrogen-bond acceptors (Lipinski definition) is 5. The van der Waals surface area contributed by atoms with E-state index >= 15 is 0 Å². The van der Waals surface area contributed by atoms with Crippen LogP contribution in [0.2, 0.25) is 0 Å². The zero-order valence-electron chi connectivity index (χ0n) is 13.1. The molecule has 6 heteroatoms. The maximum Gasteiger partial charge on any atom is 0.122 e. The minimum Gasteiger partial charge on any atom is -0.384 e. The first-order valence-corrected chi connectivity index (χ1v) is 7.40. The van der Waals surface area contributed by atoms with Gasteiger partial charge < -0.3 is 19.9 Å². The zero-order valence-corrected chi connectivity index (χ0v) is 13.9. The van der Waals surface area contributed by atoms with Crippen molar-refractivity contribution in [2.75, 3.05) is 26.4 Å². The van der Waals surface area contributed by atoms with Crippen molar-refractivity contribution in [2.45, 2.75) is 39.0 Å². The SMILES string of the molecule is CN(C)CCn1c(N)c(C#N)c2c(c1=S)COC(C)(C)C2. The molecule has 0 fully saturated rings. The van der Waals surface area contributed by atoms with Crippen LogP contribution < -0.4 is 5.73 Å². The van der Waals surface area contributed by atoms with Crippen molar-refractivity contribution < 1.29 is 4.74 Å².